The first kappa shape index (κ1) is 56.5. The molecule has 0 aromatic rings. The topological polar surface area (TPSA) is 133 Å². The standard InChI is InChI=1S/2C16H36N.2C5H8O4/c2*1-5-9-13-17(14-10-6-2,15-11-7-3)16-12-8-4;2*1-2-9-5(8)3-4(6)7/h2*5-16H2,1-4H3;2*2-3H2,1H3,(H,6,7)/q2*+1;;/p-2. The zero-order valence-electron chi connectivity index (χ0n) is 36.0. The van der Waals surface area contributed by atoms with E-state index in [1.807, 2.05) is 0 Å². The lowest BCUT2D eigenvalue weighted by molar-refractivity contribution is -0.929. The van der Waals surface area contributed by atoms with E-state index in [1.165, 1.54) is 164 Å². The molecule has 0 unspecified atom stereocenters. The first-order valence-electron chi connectivity index (χ1n) is 21.2. The number of carboxylic acid groups (broad SMARTS) is 2. The average molecular weight is 747 g/mol. The van der Waals surface area contributed by atoms with Gasteiger partial charge in [-0.3, -0.25) is 9.59 Å². The molecule has 0 heterocycles. The second-order valence-corrected chi connectivity index (χ2v) is 14.0. The molecule has 0 saturated carbocycles. The lowest BCUT2D eigenvalue weighted by Crippen LogP contribution is -2.50. The van der Waals surface area contributed by atoms with Crippen LogP contribution in [0.4, 0.5) is 0 Å². The van der Waals surface area contributed by atoms with Crippen molar-refractivity contribution in [1.82, 2.24) is 0 Å². The molecule has 10 nitrogen and oxygen atoms in total. The Hall–Kier alpha value is -2.20. The van der Waals surface area contributed by atoms with Crippen molar-refractivity contribution in [2.24, 2.45) is 0 Å². The Morgan fingerprint density at radius 3 is 0.654 bits per heavy atom. The summed E-state index contributed by atoms with van der Waals surface area (Å²) in [5.74, 6) is -4.32. The highest BCUT2D eigenvalue weighted by Gasteiger charge is 2.25. The minimum atomic E-state index is -1.41. The molecule has 0 aromatic heterocycles. The van der Waals surface area contributed by atoms with Gasteiger partial charge in [-0.2, -0.15) is 0 Å². The fourth-order valence-corrected chi connectivity index (χ4v) is 5.95. The van der Waals surface area contributed by atoms with Crippen LogP contribution in [0.3, 0.4) is 0 Å². The van der Waals surface area contributed by atoms with Gasteiger partial charge in [0, 0.05) is 0 Å². The predicted molar refractivity (Wildman–Crippen MR) is 211 cm³/mol. The summed E-state index contributed by atoms with van der Waals surface area (Å²) in [6, 6.07) is 0. The third kappa shape index (κ3) is 39.0. The molecule has 312 valence electrons. The Balaban J connectivity index is -0.000000309. The van der Waals surface area contributed by atoms with Crippen molar-refractivity contribution < 1.29 is 47.8 Å². The van der Waals surface area contributed by atoms with Crippen molar-refractivity contribution in [3.63, 3.8) is 0 Å². The number of ether oxygens (including phenoxy) is 2. The Labute approximate surface area is 321 Å². The van der Waals surface area contributed by atoms with Gasteiger partial charge in [0.05, 0.1) is 90.4 Å². The second-order valence-electron chi connectivity index (χ2n) is 14.0. The van der Waals surface area contributed by atoms with Gasteiger partial charge in [0.2, 0.25) is 0 Å². The first-order valence-corrected chi connectivity index (χ1v) is 21.2. The zero-order valence-corrected chi connectivity index (χ0v) is 36.0. The zero-order chi connectivity index (χ0) is 40.5. The van der Waals surface area contributed by atoms with Crippen LogP contribution < -0.4 is 10.2 Å². The van der Waals surface area contributed by atoms with E-state index in [1.54, 1.807) is 13.8 Å². The number of esters is 2. The maximum Gasteiger partial charge on any atom is 0.311 e. The van der Waals surface area contributed by atoms with Crippen molar-refractivity contribution in [3.05, 3.63) is 0 Å². The van der Waals surface area contributed by atoms with Crippen LogP contribution in [0.25, 0.3) is 0 Å². The summed E-state index contributed by atoms with van der Waals surface area (Å²) in [7, 11) is 0. The Morgan fingerprint density at radius 2 is 0.538 bits per heavy atom. The van der Waals surface area contributed by atoms with E-state index in [9.17, 15) is 29.4 Å². The minimum absolute atomic E-state index is 0.201. The number of hydrogen-bond acceptors (Lipinski definition) is 8. The van der Waals surface area contributed by atoms with Crippen molar-refractivity contribution in [3.8, 4) is 0 Å². The van der Waals surface area contributed by atoms with E-state index < -0.39 is 36.7 Å². The highest BCUT2D eigenvalue weighted by Crippen LogP contribution is 2.17. The summed E-state index contributed by atoms with van der Waals surface area (Å²) < 4.78 is 11.4. The van der Waals surface area contributed by atoms with E-state index in [4.69, 9.17) is 0 Å². The number of quaternary nitrogens is 2. The van der Waals surface area contributed by atoms with Gasteiger partial charge in [0.1, 0.15) is 0 Å². The summed E-state index contributed by atoms with van der Waals surface area (Å²) in [6.07, 6.45) is 20.8. The largest absolute Gasteiger partial charge is 0.550 e. The van der Waals surface area contributed by atoms with Gasteiger partial charge in [0.15, 0.2) is 0 Å². The Morgan fingerprint density at radius 1 is 0.365 bits per heavy atom. The normalized spacial score (nSPS) is 10.8. The Kier molecular flexibility index (Phi) is 45.2. The molecule has 0 saturated heterocycles. The molecule has 0 bridgehead atoms. The van der Waals surface area contributed by atoms with Crippen LogP contribution in [0, 0.1) is 0 Å². The van der Waals surface area contributed by atoms with Crippen LogP contribution in [0.2, 0.25) is 0 Å². The molecule has 0 atom stereocenters. The number of aliphatic carboxylic acids is 2. The monoisotopic (exact) mass is 747 g/mol. The van der Waals surface area contributed by atoms with Crippen LogP contribution in [0.5, 0.6) is 0 Å². The fourth-order valence-electron chi connectivity index (χ4n) is 5.95. The number of carbonyl (C=O) groups is 4. The van der Waals surface area contributed by atoms with Crippen molar-refractivity contribution >= 4 is 23.9 Å². The van der Waals surface area contributed by atoms with Crippen LogP contribution in [-0.2, 0) is 28.7 Å². The van der Waals surface area contributed by atoms with Crippen molar-refractivity contribution in [2.75, 3.05) is 65.6 Å². The molecule has 52 heavy (non-hydrogen) atoms. The smallest absolute Gasteiger partial charge is 0.311 e. The summed E-state index contributed by atoms with van der Waals surface area (Å²) in [5.41, 5.74) is 0. The number of nitrogens with zero attached hydrogens (tertiary/aromatic N) is 2. The lowest BCUT2D eigenvalue weighted by atomic mass is 10.1. The third-order valence-corrected chi connectivity index (χ3v) is 9.08. The summed E-state index contributed by atoms with van der Waals surface area (Å²) in [5, 5.41) is 19.3. The lowest BCUT2D eigenvalue weighted by Gasteiger charge is -2.39. The van der Waals surface area contributed by atoms with E-state index in [0.29, 0.717) is 0 Å². The number of carboxylic acids is 2. The Bertz CT molecular complexity index is 681. The number of hydrogen-bond donors (Lipinski definition) is 0. The second kappa shape index (κ2) is 41.6. The molecule has 0 rings (SSSR count). The van der Waals surface area contributed by atoms with E-state index in [0.717, 1.165) is 0 Å². The van der Waals surface area contributed by atoms with Crippen molar-refractivity contribution in [1.29, 1.82) is 0 Å². The summed E-state index contributed by atoms with van der Waals surface area (Å²) in [6.45, 7) is 33.6. The molecule has 0 N–H and O–H groups in total. The van der Waals surface area contributed by atoms with Gasteiger partial charge in [-0.05, 0) is 65.2 Å². The molecule has 0 spiro atoms. The highest BCUT2D eigenvalue weighted by molar-refractivity contribution is 5.89. The van der Waals surface area contributed by atoms with Gasteiger partial charge >= 0.3 is 11.9 Å². The quantitative estimate of drug-likeness (QED) is 0.0423. The minimum Gasteiger partial charge on any atom is -0.550 e. The van der Waals surface area contributed by atoms with Gasteiger partial charge in [-0.15, -0.1) is 0 Å². The van der Waals surface area contributed by atoms with Gasteiger partial charge < -0.3 is 38.2 Å². The number of rotatable bonds is 30. The predicted octanol–water partition coefficient (Wildman–Crippen LogP) is 7.39. The van der Waals surface area contributed by atoms with Gasteiger partial charge in [-0.1, -0.05) is 107 Å². The van der Waals surface area contributed by atoms with Crippen LogP contribution in [-0.4, -0.2) is 98.4 Å². The van der Waals surface area contributed by atoms with Crippen LogP contribution in [0.1, 0.15) is 185 Å². The van der Waals surface area contributed by atoms with Gasteiger partial charge in [-0.25, -0.2) is 0 Å². The first-order chi connectivity index (χ1) is 24.8. The van der Waals surface area contributed by atoms with Crippen molar-refractivity contribution in [2.45, 2.75) is 185 Å². The number of carbonyl (C=O) groups excluding carboxylic acids is 4. The molecule has 10 heteroatoms. The van der Waals surface area contributed by atoms with Crippen LogP contribution >= 0.6 is 0 Å². The number of unbranched alkanes of at least 4 members (excludes halogenated alkanes) is 8. The van der Waals surface area contributed by atoms with Crippen LogP contribution in [0.15, 0.2) is 0 Å². The summed E-state index contributed by atoms with van der Waals surface area (Å²) >= 11 is 0. The molecular weight excluding hydrogens is 660 g/mol. The third-order valence-electron chi connectivity index (χ3n) is 9.08. The maximum absolute atomic E-state index is 10.2. The van der Waals surface area contributed by atoms with Gasteiger partial charge in [0.25, 0.3) is 0 Å². The SMILES string of the molecule is CCCC[N+](CCCC)(CCCC)CCCC.CCCC[N+](CCCC)(CCCC)CCCC.CCOC(=O)CC(=O)[O-].CCOC(=O)CC(=O)[O-]. The molecular formula is C42H86N2O8. The average Bonchev–Trinajstić information content (AvgIpc) is 3.11. The van der Waals surface area contributed by atoms with E-state index in [-0.39, 0.29) is 13.2 Å². The molecule has 0 amide bonds. The molecule has 0 fully saturated rings. The molecule has 0 radical (unpaired) electrons. The fraction of sp³-hybridized carbons (Fsp3) is 0.905. The molecule has 0 aromatic carbocycles. The summed E-state index contributed by atoms with van der Waals surface area (Å²) in [4.78, 5) is 39.8. The van der Waals surface area contributed by atoms with E-state index >= 15 is 0 Å². The van der Waals surface area contributed by atoms with E-state index in [2.05, 4.69) is 64.9 Å². The molecule has 0 aliphatic rings. The molecule has 0 aliphatic heterocycles. The maximum atomic E-state index is 10.2. The molecule has 0 aliphatic carbocycles. The highest BCUT2D eigenvalue weighted by atomic mass is 16.5.